The van der Waals surface area contributed by atoms with Crippen LogP contribution in [0.2, 0.25) is 0 Å². The molecule has 1 aromatic carbocycles. The minimum atomic E-state index is 0.109. The van der Waals surface area contributed by atoms with Crippen molar-refractivity contribution in [1.82, 2.24) is 0 Å². The monoisotopic (exact) mass is 221 g/mol. The van der Waals surface area contributed by atoms with Crippen LogP contribution in [0.15, 0.2) is 18.2 Å². The van der Waals surface area contributed by atoms with Crippen molar-refractivity contribution in [1.29, 1.82) is 0 Å². The summed E-state index contributed by atoms with van der Waals surface area (Å²) in [7, 11) is 0. The van der Waals surface area contributed by atoms with Gasteiger partial charge in [0.15, 0.2) is 0 Å². The summed E-state index contributed by atoms with van der Waals surface area (Å²) in [5, 5.41) is 3.37. The van der Waals surface area contributed by atoms with Crippen molar-refractivity contribution in [2.45, 2.75) is 33.0 Å². The molecule has 0 bridgehead atoms. The third-order valence-corrected chi connectivity index (χ3v) is 2.56. The predicted octanol–water partition coefficient (Wildman–Crippen LogP) is 2.59. The van der Waals surface area contributed by atoms with Gasteiger partial charge in [0.1, 0.15) is 11.9 Å². The normalized spacial score (nSPS) is 18.9. The summed E-state index contributed by atoms with van der Waals surface area (Å²) in [6.07, 6.45) is 0.362. The molecule has 0 aliphatic carbocycles. The molecule has 1 aromatic rings. The molecule has 16 heavy (non-hydrogen) atoms. The van der Waals surface area contributed by atoms with E-state index in [-0.39, 0.29) is 12.2 Å². The molecule has 1 aliphatic rings. The van der Waals surface area contributed by atoms with E-state index in [4.69, 9.17) is 9.47 Å². The lowest BCUT2D eigenvalue weighted by Gasteiger charge is -2.28. The van der Waals surface area contributed by atoms with Crippen LogP contribution >= 0.6 is 0 Å². The highest BCUT2D eigenvalue weighted by molar-refractivity contribution is 5.59. The van der Waals surface area contributed by atoms with Gasteiger partial charge in [0.05, 0.1) is 24.9 Å². The summed E-state index contributed by atoms with van der Waals surface area (Å²) in [5.74, 6) is 0.925. The van der Waals surface area contributed by atoms with Crippen LogP contribution in [0.5, 0.6) is 5.75 Å². The molecule has 0 radical (unpaired) electrons. The molecule has 0 fully saturated rings. The van der Waals surface area contributed by atoms with Crippen molar-refractivity contribution < 1.29 is 9.47 Å². The molecule has 1 atom stereocenters. The second-order valence-electron chi connectivity index (χ2n) is 4.50. The van der Waals surface area contributed by atoms with Crippen LogP contribution < -0.4 is 10.1 Å². The van der Waals surface area contributed by atoms with Crippen molar-refractivity contribution in [3.8, 4) is 5.75 Å². The fourth-order valence-electron chi connectivity index (χ4n) is 1.72. The van der Waals surface area contributed by atoms with Crippen LogP contribution in [-0.4, -0.2) is 25.4 Å². The smallest absolute Gasteiger partial charge is 0.143 e. The first-order valence-corrected chi connectivity index (χ1v) is 5.78. The topological polar surface area (TPSA) is 30.5 Å². The minimum Gasteiger partial charge on any atom is -0.484 e. The highest BCUT2D eigenvalue weighted by Gasteiger charge is 2.19. The number of aryl methyl sites for hydroxylation is 1. The van der Waals surface area contributed by atoms with Gasteiger partial charge in [-0.15, -0.1) is 0 Å². The summed E-state index contributed by atoms with van der Waals surface area (Å²) >= 11 is 0. The second-order valence-corrected chi connectivity index (χ2v) is 4.50. The van der Waals surface area contributed by atoms with Gasteiger partial charge in [-0.25, -0.2) is 0 Å². The van der Waals surface area contributed by atoms with E-state index in [1.807, 2.05) is 19.9 Å². The Labute approximate surface area is 96.8 Å². The molecule has 0 aromatic heterocycles. The Morgan fingerprint density at radius 3 is 3.06 bits per heavy atom. The van der Waals surface area contributed by atoms with Crippen LogP contribution in [0.3, 0.4) is 0 Å². The van der Waals surface area contributed by atoms with E-state index in [1.165, 1.54) is 5.56 Å². The largest absolute Gasteiger partial charge is 0.484 e. The number of ether oxygens (including phenoxy) is 2. The molecule has 0 saturated heterocycles. The molecule has 3 heteroatoms. The van der Waals surface area contributed by atoms with Gasteiger partial charge in [-0.3, -0.25) is 0 Å². The fraction of sp³-hybridized carbons (Fsp3) is 0.538. The Balaban J connectivity index is 1.98. The lowest BCUT2D eigenvalue weighted by atomic mass is 10.1. The number of hydrogen-bond acceptors (Lipinski definition) is 3. The lowest BCUT2D eigenvalue weighted by molar-refractivity contribution is 0.0190. The molecule has 2 rings (SSSR count). The molecule has 1 N–H and O–H groups in total. The summed E-state index contributed by atoms with van der Waals surface area (Å²) in [4.78, 5) is 0. The van der Waals surface area contributed by atoms with Crippen LogP contribution in [-0.2, 0) is 4.74 Å². The van der Waals surface area contributed by atoms with Gasteiger partial charge in [0, 0.05) is 0 Å². The first-order chi connectivity index (χ1) is 7.65. The number of rotatable bonds is 3. The predicted molar refractivity (Wildman–Crippen MR) is 65.2 cm³/mol. The van der Waals surface area contributed by atoms with Crippen molar-refractivity contribution in [3.63, 3.8) is 0 Å². The quantitative estimate of drug-likeness (QED) is 0.851. The van der Waals surface area contributed by atoms with Gasteiger partial charge in [-0.2, -0.15) is 0 Å². The Bertz CT molecular complexity index is 363. The molecule has 88 valence electrons. The molecule has 0 amide bonds. The molecule has 0 saturated carbocycles. The maximum absolute atomic E-state index is 5.85. The number of hydrogen-bond donors (Lipinski definition) is 1. The lowest BCUT2D eigenvalue weighted by Crippen LogP contribution is -2.35. The summed E-state index contributed by atoms with van der Waals surface area (Å²) < 4.78 is 11.4. The molecule has 1 unspecified atom stereocenters. The molecule has 0 spiro atoms. The van der Waals surface area contributed by atoms with E-state index in [2.05, 4.69) is 24.4 Å². The van der Waals surface area contributed by atoms with Gasteiger partial charge >= 0.3 is 0 Å². The van der Waals surface area contributed by atoms with E-state index in [1.54, 1.807) is 0 Å². The maximum atomic E-state index is 5.85. The van der Waals surface area contributed by atoms with Crippen LogP contribution in [0.4, 0.5) is 5.69 Å². The average molecular weight is 221 g/mol. The minimum absolute atomic E-state index is 0.109. The van der Waals surface area contributed by atoms with Crippen LogP contribution in [0.1, 0.15) is 19.4 Å². The summed E-state index contributed by atoms with van der Waals surface area (Å²) in [6.45, 7) is 7.60. The molecule has 1 heterocycles. The van der Waals surface area contributed by atoms with Gasteiger partial charge in [-0.05, 0) is 38.5 Å². The average Bonchev–Trinajstić information content (AvgIpc) is 2.26. The van der Waals surface area contributed by atoms with E-state index in [9.17, 15) is 0 Å². The Morgan fingerprint density at radius 1 is 1.50 bits per heavy atom. The first-order valence-electron chi connectivity index (χ1n) is 5.78. The zero-order valence-electron chi connectivity index (χ0n) is 10.1. The fourth-order valence-corrected chi connectivity index (χ4v) is 1.72. The van der Waals surface area contributed by atoms with Crippen molar-refractivity contribution in [2.75, 3.05) is 18.5 Å². The number of nitrogens with one attached hydrogen (secondary N) is 1. The third-order valence-electron chi connectivity index (χ3n) is 2.56. The number of fused-ring (bicyclic) bond motifs is 1. The Kier molecular flexibility index (Phi) is 3.34. The summed E-state index contributed by atoms with van der Waals surface area (Å²) in [6, 6.07) is 6.18. The van der Waals surface area contributed by atoms with Crippen molar-refractivity contribution >= 4 is 5.69 Å². The molecule has 1 aliphatic heterocycles. The van der Waals surface area contributed by atoms with E-state index < -0.39 is 0 Å². The number of benzene rings is 1. The first kappa shape index (κ1) is 11.3. The molecule has 3 nitrogen and oxygen atoms in total. The van der Waals surface area contributed by atoms with Crippen LogP contribution in [0.25, 0.3) is 0 Å². The Morgan fingerprint density at radius 2 is 2.31 bits per heavy atom. The number of anilines is 1. The van der Waals surface area contributed by atoms with Gasteiger partial charge in [0.25, 0.3) is 0 Å². The van der Waals surface area contributed by atoms with E-state index in [0.717, 1.165) is 18.0 Å². The zero-order valence-corrected chi connectivity index (χ0v) is 10.1. The van der Waals surface area contributed by atoms with Crippen molar-refractivity contribution in [2.24, 2.45) is 0 Å². The second kappa shape index (κ2) is 4.74. The highest BCUT2D eigenvalue weighted by Crippen LogP contribution is 2.29. The van der Waals surface area contributed by atoms with Gasteiger partial charge < -0.3 is 14.8 Å². The SMILES string of the molecule is Cc1ccc2c(c1)NCC(COC(C)C)O2. The van der Waals surface area contributed by atoms with Crippen molar-refractivity contribution in [3.05, 3.63) is 23.8 Å². The highest BCUT2D eigenvalue weighted by atomic mass is 16.5. The standard InChI is InChI=1S/C13H19NO2/c1-9(2)15-8-11-7-14-12-6-10(3)4-5-13(12)16-11/h4-6,9,11,14H,7-8H2,1-3H3. The van der Waals surface area contributed by atoms with Gasteiger partial charge in [0.2, 0.25) is 0 Å². The van der Waals surface area contributed by atoms with Gasteiger partial charge in [-0.1, -0.05) is 6.07 Å². The maximum Gasteiger partial charge on any atom is 0.143 e. The van der Waals surface area contributed by atoms with E-state index >= 15 is 0 Å². The Hall–Kier alpha value is -1.22. The molecular formula is C13H19NO2. The van der Waals surface area contributed by atoms with Crippen LogP contribution in [0, 0.1) is 6.92 Å². The zero-order chi connectivity index (χ0) is 11.5. The third kappa shape index (κ3) is 2.67. The van der Waals surface area contributed by atoms with E-state index in [0.29, 0.717) is 6.61 Å². The summed E-state index contributed by atoms with van der Waals surface area (Å²) in [5.41, 5.74) is 2.33. The molecular weight excluding hydrogens is 202 g/mol.